The quantitative estimate of drug-likeness (QED) is 0.0506. The second kappa shape index (κ2) is 23.3. The number of allylic oxidation sites excluding steroid dienone is 2. The highest BCUT2D eigenvalue weighted by molar-refractivity contribution is 5.66. The van der Waals surface area contributed by atoms with Gasteiger partial charge in [-0.3, -0.25) is 14.4 Å². The zero-order chi connectivity index (χ0) is 36.3. The highest BCUT2D eigenvalue weighted by Gasteiger charge is 2.51. The van der Waals surface area contributed by atoms with E-state index in [1.807, 2.05) is 6.92 Å². The van der Waals surface area contributed by atoms with Crippen molar-refractivity contribution in [2.45, 2.75) is 172 Å². The van der Waals surface area contributed by atoms with Gasteiger partial charge in [-0.25, -0.2) is 0 Å². The van der Waals surface area contributed by atoms with Crippen LogP contribution in [0.1, 0.15) is 104 Å². The largest absolute Gasteiger partial charge is 0.481 e. The maximum absolute atomic E-state index is 11.4. The average Bonchev–Trinajstić information content (AvgIpc) is 3.04. The summed E-state index contributed by atoms with van der Waals surface area (Å²) in [7, 11) is 0. The Kier molecular flexibility index (Phi) is 20.4. The summed E-state index contributed by atoms with van der Waals surface area (Å²) >= 11 is 0. The second-order valence-corrected chi connectivity index (χ2v) is 12.9. The van der Waals surface area contributed by atoms with E-state index >= 15 is 0 Å². The van der Waals surface area contributed by atoms with Gasteiger partial charge in [0.25, 0.3) is 0 Å². The van der Waals surface area contributed by atoms with Gasteiger partial charge in [0, 0.05) is 20.3 Å². The van der Waals surface area contributed by atoms with Gasteiger partial charge in [0.1, 0.15) is 62.0 Å². The van der Waals surface area contributed by atoms with E-state index < -0.39 is 92.0 Å². The van der Waals surface area contributed by atoms with Crippen molar-refractivity contribution in [3.05, 3.63) is 12.2 Å². The highest BCUT2D eigenvalue weighted by atomic mass is 16.8. The SMILES string of the molecule is CC(=O)OCC1O[C@@H](OC2C(O)[C@H](O)C(COC(C)=O)O[C@H]2OC(C)CCCCCC/C=C\CCCCCCCC(=O)O)C(O)C(O)[C@@H]1O. The van der Waals surface area contributed by atoms with E-state index in [0.717, 1.165) is 77.6 Å². The van der Waals surface area contributed by atoms with Crippen LogP contribution in [-0.2, 0) is 42.8 Å². The summed E-state index contributed by atoms with van der Waals surface area (Å²) in [5.74, 6) is -2.00. The molecule has 11 atom stereocenters. The fourth-order valence-corrected chi connectivity index (χ4v) is 5.67. The fraction of sp³-hybridized carbons (Fsp3) is 0.853. The van der Waals surface area contributed by atoms with Crippen LogP contribution in [0.15, 0.2) is 12.2 Å². The van der Waals surface area contributed by atoms with E-state index in [0.29, 0.717) is 6.42 Å². The Labute approximate surface area is 288 Å². The molecule has 0 amide bonds. The van der Waals surface area contributed by atoms with Crippen LogP contribution in [0.25, 0.3) is 0 Å². The molecule has 2 aliphatic rings. The van der Waals surface area contributed by atoms with Gasteiger partial charge in [-0.05, 0) is 45.4 Å². The molecule has 0 aromatic carbocycles. The standard InChI is InChI=1S/C34H58O15/c1-21(17-15-13-11-9-7-5-4-6-8-10-12-14-16-18-26(37)38)46-34-32(30(42)28(40)25(48-34)20-45-23(3)36)49-33-31(43)29(41)27(39)24(47-33)19-44-22(2)35/h4-5,21,24-25,27-34,39-43H,6-20H2,1-3H3,(H,37,38)/b5-4-/t21?,24?,25?,27-,28-,29?,30?,31?,32?,33+,34-/m1/s1. The second-order valence-electron chi connectivity index (χ2n) is 12.9. The smallest absolute Gasteiger partial charge is 0.303 e. The zero-order valence-corrected chi connectivity index (χ0v) is 29.0. The van der Waals surface area contributed by atoms with Crippen molar-refractivity contribution in [2.75, 3.05) is 13.2 Å². The Morgan fingerprint density at radius 3 is 1.69 bits per heavy atom. The molecule has 0 radical (unpaired) electrons. The summed E-state index contributed by atoms with van der Waals surface area (Å²) in [5.41, 5.74) is 0. The lowest BCUT2D eigenvalue weighted by Gasteiger charge is -2.46. The van der Waals surface area contributed by atoms with Crippen LogP contribution < -0.4 is 0 Å². The van der Waals surface area contributed by atoms with Crippen molar-refractivity contribution in [3.8, 4) is 0 Å². The molecule has 7 unspecified atom stereocenters. The number of aliphatic hydroxyl groups is 5. The number of hydrogen-bond acceptors (Lipinski definition) is 14. The molecular weight excluding hydrogens is 648 g/mol. The Bertz CT molecular complexity index is 993. The maximum Gasteiger partial charge on any atom is 0.303 e. The first-order valence-electron chi connectivity index (χ1n) is 17.5. The summed E-state index contributed by atoms with van der Waals surface area (Å²) in [4.78, 5) is 33.2. The molecule has 0 saturated carbocycles. The molecule has 0 aliphatic carbocycles. The minimum absolute atomic E-state index is 0.245. The van der Waals surface area contributed by atoms with Crippen molar-refractivity contribution < 1.29 is 73.4 Å². The zero-order valence-electron chi connectivity index (χ0n) is 29.0. The average molecular weight is 707 g/mol. The van der Waals surface area contributed by atoms with E-state index in [1.165, 1.54) is 6.92 Å². The Balaban J connectivity index is 1.85. The van der Waals surface area contributed by atoms with Crippen LogP contribution in [-0.4, -0.2) is 129 Å². The number of carbonyl (C=O) groups is 3. The van der Waals surface area contributed by atoms with E-state index in [1.54, 1.807) is 0 Å². The molecular formula is C34H58O15. The fourth-order valence-electron chi connectivity index (χ4n) is 5.67. The van der Waals surface area contributed by atoms with E-state index in [4.69, 9.17) is 33.5 Å². The van der Waals surface area contributed by atoms with Crippen LogP contribution in [0.5, 0.6) is 0 Å². The lowest BCUT2D eigenvalue weighted by atomic mass is 9.97. The number of rotatable bonds is 23. The van der Waals surface area contributed by atoms with Gasteiger partial charge in [-0.2, -0.15) is 0 Å². The minimum Gasteiger partial charge on any atom is -0.481 e. The molecule has 0 bridgehead atoms. The number of aliphatic carboxylic acids is 1. The predicted molar refractivity (Wildman–Crippen MR) is 173 cm³/mol. The Morgan fingerprint density at radius 2 is 1.14 bits per heavy atom. The number of ether oxygens (including phenoxy) is 6. The van der Waals surface area contributed by atoms with Crippen LogP contribution >= 0.6 is 0 Å². The van der Waals surface area contributed by atoms with Gasteiger partial charge < -0.3 is 59.1 Å². The molecule has 2 aliphatic heterocycles. The molecule has 49 heavy (non-hydrogen) atoms. The van der Waals surface area contributed by atoms with Gasteiger partial charge in [0.2, 0.25) is 0 Å². The van der Waals surface area contributed by atoms with E-state index in [-0.39, 0.29) is 13.0 Å². The lowest BCUT2D eigenvalue weighted by molar-refractivity contribution is -0.371. The van der Waals surface area contributed by atoms with Gasteiger partial charge in [0.15, 0.2) is 12.6 Å². The lowest BCUT2D eigenvalue weighted by Crippen LogP contribution is -2.65. The molecule has 2 rings (SSSR count). The summed E-state index contributed by atoms with van der Waals surface area (Å²) in [6.45, 7) is 3.35. The molecule has 0 aromatic heterocycles. The third-order valence-corrected chi connectivity index (χ3v) is 8.53. The normalized spacial score (nSPS) is 31.0. The van der Waals surface area contributed by atoms with Crippen molar-refractivity contribution >= 4 is 17.9 Å². The van der Waals surface area contributed by atoms with Crippen molar-refractivity contribution in [1.29, 1.82) is 0 Å². The minimum atomic E-state index is -1.78. The topological polar surface area (TPSA) is 228 Å². The summed E-state index contributed by atoms with van der Waals surface area (Å²) in [6.07, 6.45) is 0.603. The Morgan fingerprint density at radius 1 is 0.653 bits per heavy atom. The monoisotopic (exact) mass is 706 g/mol. The van der Waals surface area contributed by atoms with Gasteiger partial charge in [-0.15, -0.1) is 0 Å². The molecule has 0 spiro atoms. The van der Waals surface area contributed by atoms with Gasteiger partial charge in [-0.1, -0.05) is 50.7 Å². The molecule has 2 heterocycles. The van der Waals surface area contributed by atoms with E-state index in [9.17, 15) is 39.9 Å². The van der Waals surface area contributed by atoms with Crippen LogP contribution in [0.2, 0.25) is 0 Å². The number of carboxylic acid groups (broad SMARTS) is 1. The summed E-state index contributed by atoms with van der Waals surface area (Å²) < 4.78 is 33.3. The van der Waals surface area contributed by atoms with Crippen molar-refractivity contribution in [1.82, 2.24) is 0 Å². The van der Waals surface area contributed by atoms with Crippen LogP contribution in [0.4, 0.5) is 0 Å². The first-order chi connectivity index (χ1) is 23.3. The molecule has 6 N–H and O–H groups in total. The first-order valence-corrected chi connectivity index (χ1v) is 17.5. The molecule has 15 nitrogen and oxygen atoms in total. The number of hydrogen-bond donors (Lipinski definition) is 6. The third kappa shape index (κ3) is 16.1. The molecule has 2 fully saturated rings. The number of carbonyl (C=O) groups excluding carboxylic acids is 2. The van der Waals surface area contributed by atoms with Crippen molar-refractivity contribution in [2.24, 2.45) is 0 Å². The van der Waals surface area contributed by atoms with Gasteiger partial charge >= 0.3 is 17.9 Å². The summed E-state index contributed by atoms with van der Waals surface area (Å²) in [6, 6.07) is 0. The van der Waals surface area contributed by atoms with Crippen molar-refractivity contribution in [3.63, 3.8) is 0 Å². The highest BCUT2D eigenvalue weighted by Crippen LogP contribution is 2.31. The molecule has 0 aromatic rings. The molecule has 284 valence electrons. The predicted octanol–water partition coefficient (Wildman–Crippen LogP) is 1.87. The number of unbranched alkanes of at least 4 members (excludes halogenated alkanes) is 9. The first kappa shape index (κ1) is 43.0. The van der Waals surface area contributed by atoms with Gasteiger partial charge in [0.05, 0.1) is 6.10 Å². The van der Waals surface area contributed by atoms with Crippen LogP contribution in [0, 0.1) is 0 Å². The Hall–Kier alpha value is -2.21. The molecule has 2 saturated heterocycles. The molecule has 15 heteroatoms. The number of esters is 2. The van der Waals surface area contributed by atoms with Crippen LogP contribution in [0.3, 0.4) is 0 Å². The number of carboxylic acids is 1. The maximum atomic E-state index is 11.4. The summed E-state index contributed by atoms with van der Waals surface area (Å²) in [5, 5.41) is 61.7. The number of aliphatic hydroxyl groups excluding tert-OH is 5. The third-order valence-electron chi connectivity index (χ3n) is 8.53. The van der Waals surface area contributed by atoms with E-state index in [2.05, 4.69) is 12.2 Å².